The first-order chi connectivity index (χ1) is 6.90. The Balaban J connectivity index is 3.05. The van der Waals surface area contributed by atoms with E-state index in [1.165, 1.54) is 0 Å². The lowest BCUT2D eigenvalue weighted by Gasteiger charge is -2.18. The van der Waals surface area contributed by atoms with Gasteiger partial charge in [-0.3, -0.25) is 14.9 Å². The summed E-state index contributed by atoms with van der Waals surface area (Å²) in [6.07, 6.45) is 2.70. The van der Waals surface area contributed by atoms with Crippen molar-refractivity contribution in [2.45, 2.75) is 12.0 Å². The first-order valence-electron chi connectivity index (χ1n) is 3.97. The standard InChI is InChI=1S/C8H8N2O5/c9-6(11)5-1-3-8(4-2-5,7(12)13)10(14)15/h1-3H,4H2,(H2,9,11)(H,12,13). The van der Waals surface area contributed by atoms with Crippen LogP contribution < -0.4 is 5.73 Å². The van der Waals surface area contributed by atoms with E-state index in [-0.39, 0.29) is 12.0 Å². The summed E-state index contributed by atoms with van der Waals surface area (Å²) in [5.41, 5.74) is 2.83. The minimum Gasteiger partial charge on any atom is -0.476 e. The number of nitrogens with zero attached hydrogens (tertiary/aromatic N) is 1. The van der Waals surface area contributed by atoms with Crippen LogP contribution in [0.15, 0.2) is 23.8 Å². The topological polar surface area (TPSA) is 124 Å². The average Bonchev–Trinajstić information content (AvgIpc) is 2.17. The van der Waals surface area contributed by atoms with Crippen molar-refractivity contribution in [3.63, 3.8) is 0 Å². The summed E-state index contributed by atoms with van der Waals surface area (Å²) in [5, 5.41) is 19.4. The fourth-order valence-corrected chi connectivity index (χ4v) is 1.18. The van der Waals surface area contributed by atoms with Crippen LogP contribution in [0.25, 0.3) is 0 Å². The predicted molar refractivity (Wildman–Crippen MR) is 48.4 cm³/mol. The van der Waals surface area contributed by atoms with Gasteiger partial charge in [0, 0.05) is 16.6 Å². The van der Waals surface area contributed by atoms with Crippen molar-refractivity contribution in [1.82, 2.24) is 0 Å². The lowest BCUT2D eigenvalue weighted by Crippen LogP contribution is -2.45. The van der Waals surface area contributed by atoms with Gasteiger partial charge in [0.05, 0.1) is 6.42 Å². The number of carbonyl (C=O) groups is 2. The Morgan fingerprint density at radius 2 is 2.20 bits per heavy atom. The van der Waals surface area contributed by atoms with E-state index < -0.39 is 22.3 Å². The summed E-state index contributed by atoms with van der Waals surface area (Å²) in [4.78, 5) is 31.2. The maximum Gasteiger partial charge on any atom is 0.387 e. The Bertz CT molecular complexity index is 382. The number of aliphatic carboxylic acids is 1. The number of carboxylic acid groups (broad SMARTS) is 1. The molecule has 0 bridgehead atoms. The fraction of sp³-hybridized carbons (Fsp3) is 0.250. The number of nitro groups is 1. The zero-order chi connectivity index (χ0) is 11.6. The van der Waals surface area contributed by atoms with Gasteiger partial charge in [0.25, 0.3) is 0 Å². The molecule has 0 saturated carbocycles. The molecule has 7 heteroatoms. The van der Waals surface area contributed by atoms with E-state index in [1.54, 1.807) is 0 Å². The largest absolute Gasteiger partial charge is 0.476 e. The molecule has 1 rings (SSSR count). The third-order valence-corrected chi connectivity index (χ3v) is 2.15. The second-order valence-electron chi connectivity index (χ2n) is 3.05. The monoisotopic (exact) mass is 212 g/mol. The van der Waals surface area contributed by atoms with Crippen LogP contribution in [-0.2, 0) is 9.59 Å². The van der Waals surface area contributed by atoms with E-state index in [0.717, 1.165) is 18.2 Å². The average molecular weight is 212 g/mol. The molecule has 0 fully saturated rings. The minimum absolute atomic E-state index is 0.0775. The van der Waals surface area contributed by atoms with Crippen molar-refractivity contribution in [3.05, 3.63) is 33.9 Å². The lowest BCUT2D eigenvalue weighted by molar-refractivity contribution is -0.540. The van der Waals surface area contributed by atoms with Crippen LogP contribution in [0.4, 0.5) is 0 Å². The van der Waals surface area contributed by atoms with Crippen molar-refractivity contribution in [2.24, 2.45) is 5.73 Å². The highest BCUT2D eigenvalue weighted by molar-refractivity contribution is 5.96. The number of nitrogens with two attached hydrogens (primary N) is 1. The van der Waals surface area contributed by atoms with Crippen molar-refractivity contribution < 1.29 is 19.6 Å². The van der Waals surface area contributed by atoms with Crippen molar-refractivity contribution in [2.75, 3.05) is 0 Å². The maximum absolute atomic E-state index is 10.8. The first kappa shape index (κ1) is 10.9. The van der Waals surface area contributed by atoms with Gasteiger partial charge in [0.15, 0.2) is 0 Å². The van der Waals surface area contributed by atoms with Gasteiger partial charge in [-0.15, -0.1) is 0 Å². The molecule has 1 aliphatic rings. The van der Waals surface area contributed by atoms with Gasteiger partial charge in [-0.05, 0) is 6.08 Å². The van der Waals surface area contributed by atoms with Gasteiger partial charge in [-0.1, -0.05) is 6.08 Å². The molecule has 0 heterocycles. The quantitative estimate of drug-likeness (QED) is 0.480. The Morgan fingerprint density at radius 3 is 2.47 bits per heavy atom. The first-order valence-corrected chi connectivity index (χ1v) is 3.97. The molecule has 0 aromatic heterocycles. The van der Waals surface area contributed by atoms with Crippen molar-refractivity contribution in [3.8, 4) is 0 Å². The highest BCUT2D eigenvalue weighted by Crippen LogP contribution is 2.24. The third kappa shape index (κ3) is 1.71. The number of hydrogen-bond donors (Lipinski definition) is 2. The molecule has 0 aromatic rings. The molecule has 0 radical (unpaired) electrons. The molecular weight excluding hydrogens is 204 g/mol. The number of primary amides is 1. The van der Waals surface area contributed by atoms with Crippen LogP contribution in [0.2, 0.25) is 0 Å². The van der Waals surface area contributed by atoms with Gasteiger partial charge >= 0.3 is 11.5 Å². The molecular formula is C8H8N2O5. The zero-order valence-corrected chi connectivity index (χ0v) is 7.54. The van der Waals surface area contributed by atoms with E-state index >= 15 is 0 Å². The molecule has 1 aliphatic carbocycles. The Morgan fingerprint density at radius 1 is 1.60 bits per heavy atom. The molecule has 3 N–H and O–H groups in total. The second kappa shape index (κ2) is 3.52. The van der Waals surface area contributed by atoms with Crippen LogP contribution in [0.1, 0.15) is 6.42 Å². The number of amides is 1. The molecule has 1 amide bonds. The summed E-state index contributed by atoms with van der Waals surface area (Å²) in [5.74, 6) is -2.31. The molecule has 15 heavy (non-hydrogen) atoms. The number of hydrogen-bond acceptors (Lipinski definition) is 4. The fourth-order valence-electron chi connectivity index (χ4n) is 1.18. The van der Waals surface area contributed by atoms with E-state index in [0.29, 0.717) is 0 Å². The number of carboxylic acids is 1. The van der Waals surface area contributed by atoms with Crippen molar-refractivity contribution >= 4 is 11.9 Å². The van der Waals surface area contributed by atoms with Gasteiger partial charge < -0.3 is 10.8 Å². The Kier molecular flexibility index (Phi) is 2.56. The maximum atomic E-state index is 10.8. The summed E-state index contributed by atoms with van der Waals surface area (Å²) in [6.45, 7) is 0. The van der Waals surface area contributed by atoms with E-state index in [4.69, 9.17) is 10.8 Å². The normalized spacial score (nSPS) is 24.4. The smallest absolute Gasteiger partial charge is 0.387 e. The van der Waals surface area contributed by atoms with Crippen LogP contribution in [0.3, 0.4) is 0 Å². The Hall–Kier alpha value is -2.18. The Labute approximate surface area is 84.0 Å². The zero-order valence-electron chi connectivity index (χ0n) is 7.54. The molecule has 1 unspecified atom stereocenters. The highest BCUT2D eigenvalue weighted by atomic mass is 16.6. The summed E-state index contributed by atoms with van der Waals surface area (Å²) < 4.78 is 0. The second-order valence-corrected chi connectivity index (χ2v) is 3.05. The van der Waals surface area contributed by atoms with Crippen LogP contribution >= 0.6 is 0 Å². The van der Waals surface area contributed by atoms with Crippen LogP contribution in [0.5, 0.6) is 0 Å². The summed E-state index contributed by atoms with van der Waals surface area (Å²) in [7, 11) is 0. The lowest BCUT2D eigenvalue weighted by atomic mass is 9.89. The van der Waals surface area contributed by atoms with Gasteiger partial charge in [-0.2, -0.15) is 0 Å². The third-order valence-electron chi connectivity index (χ3n) is 2.15. The molecule has 0 saturated heterocycles. The molecule has 0 aliphatic heterocycles. The van der Waals surface area contributed by atoms with E-state index in [1.807, 2.05) is 0 Å². The van der Waals surface area contributed by atoms with Gasteiger partial charge in [0.1, 0.15) is 0 Å². The molecule has 80 valence electrons. The molecule has 1 atom stereocenters. The van der Waals surface area contributed by atoms with Gasteiger partial charge in [0.2, 0.25) is 5.91 Å². The predicted octanol–water partition coefficient (Wildman–Crippen LogP) is -0.542. The minimum atomic E-state index is -2.18. The molecule has 7 nitrogen and oxygen atoms in total. The molecule has 0 aromatic carbocycles. The van der Waals surface area contributed by atoms with Crippen LogP contribution in [0, 0.1) is 10.1 Å². The number of carbonyl (C=O) groups excluding carboxylic acids is 1. The van der Waals surface area contributed by atoms with E-state index in [9.17, 15) is 19.7 Å². The van der Waals surface area contributed by atoms with Crippen LogP contribution in [-0.4, -0.2) is 27.4 Å². The number of rotatable bonds is 3. The van der Waals surface area contributed by atoms with Crippen molar-refractivity contribution in [1.29, 1.82) is 0 Å². The van der Waals surface area contributed by atoms with Gasteiger partial charge in [-0.25, -0.2) is 4.79 Å². The highest BCUT2D eigenvalue weighted by Gasteiger charge is 2.49. The SMILES string of the molecule is NC(=O)C1=CCC(C(=O)O)([N+](=O)[O-])C=C1. The summed E-state index contributed by atoms with van der Waals surface area (Å²) >= 11 is 0. The molecule has 0 spiro atoms. The van der Waals surface area contributed by atoms with E-state index in [2.05, 4.69) is 0 Å². The summed E-state index contributed by atoms with van der Waals surface area (Å²) in [6, 6.07) is 0.